The number of para-hydroxylation sites is 1. The van der Waals surface area contributed by atoms with Crippen LogP contribution in [-0.4, -0.2) is 28.2 Å². The zero-order valence-corrected chi connectivity index (χ0v) is 13.2. The molecule has 0 aliphatic heterocycles. The second kappa shape index (κ2) is 6.89. The van der Waals surface area contributed by atoms with Crippen LogP contribution in [-0.2, 0) is 0 Å². The van der Waals surface area contributed by atoms with Gasteiger partial charge in [0.15, 0.2) is 5.76 Å². The van der Waals surface area contributed by atoms with Crippen LogP contribution in [0.15, 0.2) is 58.3 Å². The van der Waals surface area contributed by atoms with Gasteiger partial charge in [-0.2, -0.15) is 9.78 Å². The van der Waals surface area contributed by atoms with Crippen molar-refractivity contribution >= 4 is 24.5 Å². The second-order valence-corrected chi connectivity index (χ2v) is 4.89. The minimum atomic E-state index is 0.387. The summed E-state index contributed by atoms with van der Waals surface area (Å²) in [5.74, 6) is 1.90. The summed E-state index contributed by atoms with van der Waals surface area (Å²) < 4.78 is 12.5. The first kappa shape index (κ1) is 15.0. The van der Waals surface area contributed by atoms with Gasteiger partial charge in [0.2, 0.25) is 10.6 Å². The third-order valence-electron chi connectivity index (χ3n) is 3.07. The molecule has 0 aliphatic carbocycles. The molecule has 116 valence electrons. The van der Waals surface area contributed by atoms with E-state index in [1.807, 2.05) is 30.3 Å². The number of hydrogen-bond donors (Lipinski definition) is 1. The molecule has 0 aliphatic rings. The largest absolute Gasteiger partial charge is 0.496 e. The normalized spacial score (nSPS) is 11.5. The Morgan fingerprint density at radius 3 is 2.96 bits per heavy atom. The number of methoxy groups -OCH3 is 1. The summed E-state index contributed by atoms with van der Waals surface area (Å²) in [4.78, 5) is 0. The highest BCUT2D eigenvalue weighted by atomic mass is 32.1. The predicted molar refractivity (Wildman–Crippen MR) is 91.0 cm³/mol. The molecule has 1 N–H and O–H groups in total. The fourth-order valence-electron chi connectivity index (χ4n) is 2.02. The monoisotopic (exact) mass is 326 g/mol. The van der Waals surface area contributed by atoms with Crippen LogP contribution in [0.2, 0.25) is 0 Å². The van der Waals surface area contributed by atoms with Crippen LogP contribution in [0.3, 0.4) is 0 Å². The lowest BCUT2D eigenvalue weighted by atomic mass is 10.2. The maximum atomic E-state index is 5.32. The molecule has 0 radical (unpaired) electrons. The first-order chi connectivity index (χ1) is 11.3. The molecule has 0 atom stereocenters. The van der Waals surface area contributed by atoms with E-state index in [0.717, 1.165) is 11.3 Å². The Morgan fingerprint density at radius 1 is 1.30 bits per heavy atom. The van der Waals surface area contributed by atoms with Crippen molar-refractivity contribution in [3.05, 3.63) is 59.1 Å². The van der Waals surface area contributed by atoms with Crippen LogP contribution >= 0.6 is 12.2 Å². The molecule has 6 nitrogen and oxygen atoms in total. The SMILES string of the molecule is COc1ccccc1/C=C/C=Nn1c(-c2ccco2)n[nH]c1=S. The number of H-pyrrole nitrogens is 1. The van der Waals surface area contributed by atoms with Gasteiger partial charge in [0, 0.05) is 11.8 Å². The van der Waals surface area contributed by atoms with Crippen molar-refractivity contribution in [2.75, 3.05) is 7.11 Å². The molecule has 2 aromatic heterocycles. The number of aromatic amines is 1. The van der Waals surface area contributed by atoms with Gasteiger partial charge in [-0.3, -0.25) is 0 Å². The van der Waals surface area contributed by atoms with Gasteiger partial charge in [-0.15, -0.1) is 5.10 Å². The zero-order valence-electron chi connectivity index (χ0n) is 12.3. The maximum absolute atomic E-state index is 5.32. The third-order valence-corrected chi connectivity index (χ3v) is 3.34. The van der Waals surface area contributed by atoms with Gasteiger partial charge in [-0.1, -0.05) is 18.2 Å². The molecule has 3 aromatic rings. The molecule has 0 amide bonds. The van der Waals surface area contributed by atoms with Crippen molar-refractivity contribution in [1.82, 2.24) is 14.9 Å². The molecule has 7 heteroatoms. The lowest BCUT2D eigenvalue weighted by Crippen LogP contribution is -1.92. The van der Waals surface area contributed by atoms with Gasteiger partial charge in [-0.25, -0.2) is 5.10 Å². The van der Waals surface area contributed by atoms with Crippen LogP contribution in [0.25, 0.3) is 17.7 Å². The molecule has 0 bridgehead atoms. The Hall–Kier alpha value is -2.93. The molecule has 0 spiro atoms. The van der Waals surface area contributed by atoms with Crippen molar-refractivity contribution in [1.29, 1.82) is 0 Å². The number of hydrogen-bond acceptors (Lipinski definition) is 5. The summed E-state index contributed by atoms with van der Waals surface area (Å²) in [6.45, 7) is 0. The summed E-state index contributed by atoms with van der Waals surface area (Å²) in [6.07, 6.45) is 6.91. The van der Waals surface area contributed by atoms with E-state index in [2.05, 4.69) is 15.3 Å². The predicted octanol–water partition coefficient (Wildman–Crippen LogP) is 3.76. The topological polar surface area (TPSA) is 68.3 Å². The first-order valence-electron chi connectivity index (χ1n) is 6.85. The van der Waals surface area contributed by atoms with Crippen molar-refractivity contribution in [3.63, 3.8) is 0 Å². The summed E-state index contributed by atoms with van der Waals surface area (Å²) in [5.41, 5.74) is 0.962. The van der Waals surface area contributed by atoms with Gasteiger partial charge in [0.25, 0.3) is 0 Å². The lowest BCUT2D eigenvalue weighted by Gasteiger charge is -2.02. The highest BCUT2D eigenvalue weighted by Crippen LogP contribution is 2.19. The zero-order chi connectivity index (χ0) is 16.1. The minimum absolute atomic E-state index is 0.387. The number of aromatic nitrogens is 3. The molecule has 1 aromatic carbocycles. The number of benzene rings is 1. The molecular weight excluding hydrogens is 312 g/mol. The van der Waals surface area contributed by atoms with Crippen molar-refractivity contribution in [2.45, 2.75) is 0 Å². The number of nitrogens with one attached hydrogen (secondary N) is 1. The lowest BCUT2D eigenvalue weighted by molar-refractivity contribution is 0.414. The van der Waals surface area contributed by atoms with E-state index in [9.17, 15) is 0 Å². The Labute approximate surface area is 137 Å². The molecule has 0 unspecified atom stereocenters. The first-order valence-corrected chi connectivity index (χ1v) is 7.26. The molecule has 3 rings (SSSR count). The van der Waals surface area contributed by atoms with E-state index in [-0.39, 0.29) is 0 Å². The molecule has 0 saturated carbocycles. The van der Waals surface area contributed by atoms with E-state index in [0.29, 0.717) is 16.4 Å². The Bertz CT molecular complexity index is 891. The molecule has 2 heterocycles. The average Bonchev–Trinajstić information content (AvgIpc) is 3.22. The smallest absolute Gasteiger partial charge is 0.219 e. The number of ether oxygens (including phenoxy) is 1. The maximum Gasteiger partial charge on any atom is 0.219 e. The van der Waals surface area contributed by atoms with Crippen LogP contribution in [0.1, 0.15) is 5.56 Å². The number of allylic oxidation sites excluding steroid dienone is 1. The van der Waals surface area contributed by atoms with E-state index < -0.39 is 0 Å². The Morgan fingerprint density at radius 2 is 2.17 bits per heavy atom. The van der Waals surface area contributed by atoms with Gasteiger partial charge in [0.1, 0.15) is 5.75 Å². The number of nitrogens with zero attached hydrogens (tertiary/aromatic N) is 3. The van der Waals surface area contributed by atoms with E-state index in [4.69, 9.17) is 21.4 Å². The van der Waals surface area contributed by atoms with Crippen molar-refractivity contribution < 1.29 is 9.15 Å². The summed E-state index contributed by atoms with van der Waals surface area (Å²) >= 11 is 5.17. The second-order valence-electron chi connectivity index (χ2n) is 4.51. The van der Waals surface area contributed by atoms with E-state index >= 15 is 0 Å². The van der Waals surface area contributed by atoms with Crippen LogP contribution in [0.5, 0.6) is 5.75 Å². The van der Waals surface area contributed by atoms with Gasteiger partial charge >= 0.3 is 0 Å². The highest BCUT2D eigenvalue weighted by Gasteiger charge is 2.09. The van der Waals surface area contributed by atoms with Crippen molar-refractivity contribution in [3.8, 4) is 17.3 Å². The highest BCUT2D eigenvalue weighted by molar-refractivity contribution is 7.71. The molecular formula is C16H14N4O2S. The molecule has 0 fully saturated rings. The third kappa shape index (κ3) is 3.29. The molecule has 0 saturated heterocycles. The average molecular weight is 326 g/mol. The Balaban J connectivity index is 1.83. The van der Waals surface area contributed by atoms with Gasteiger partial charge < -0.3 is 9.15 Å². The van der Waals surface area contributed by atoms with Crippen LogP contribution in [0, 0.1) is 4.77 Å². The Kier molecular flexibility index (Phi) is 4.49. The fourth-order valence-corrected chi connectivity index (χ4v) is 2.20. The summed E-state index contributed by atoms with van der Waals surface area (Å²) in [7, 11) is 1.64. The number of rotatable bonds is 5. The van der Waals surface area contributed by atoms with E-state index in [1.165, 1.54) is 4.68 Å². The van der Waals surface area contributed by atoms with Crippen LogP contribution in [0.4, 0.5) is 0 Å². The quantitative estimate of drug-likeness (QED) is 0.572. The van der Waals surface area contributed by atoms with E-state index in [1.54, 1.807) is 37.8 Å². The fraction of sp³-hybridized carbons (Fsp3) is 0.0625. The summed E-state index contributed by atoms with van der Waals surface area (Å²) in [5, 5.41) is 11.1. The van der Waals surface area contributed by atoms with Crippen molar-refractivity contribution in [2.24, 2.45) is 5.10 Å². The standard InChI is InChI=1S/C16H14N4O2S/c1-21-13-8-3-2-6-12(13)7-4-10-17-20-15(18-19-16(20)23)14-9-5-11-22-14/h2-11H,1H3,(H,19,23)/b7-4+,17-10?. The number of furan rings is 1. The van der Waals surface area contributed by atoms with Crippen LogP contribution < -0.4 is 4.74 Å². The minimum Gasteiger partial charge on any atom is -0.496 e. The molecule has 23 heavy (non-hydrogen) atoms. The van der Waals surface area contributed by atoms with Gasteiger partial charge in [-0.05, 0) is 42.6 Å². The summed E-state index contributed by atoms with van der Waals surface area (Å²) in [6, 6.07) is 11.3. The van der Waals surface area contributed by atoms with Gasteiger partial charge in [0.05, 0.1) is 13.4 Å².